The summed E-state index contributed by atoms with van der Waals surface area (Å²) in [7, 11) is 0. The quantitative estimate of drug-likeness (QED) is 0.482. The van der Waals surface area contributed by atoms with Crippen LogP contribution in [0.2, 0.25) is 0 Å². The lowest BCUT2D eigenvalue weighted by Gasteiger charge is -2.47. The van der Waals surface area contributed by atoms with Crippen molar-refractivity contribution >= 4 is 17.5 Å². The van der Waals surface area contributed by atoms with E-state index in [1.807, 2.05) is 0 Å². The summed E-state index contributed by atoms with van der Waals surface area (Å²) in [5.41, 5.74) is 0.180. The van der Waals surface area contributed by atoms with Gasteiger partial charge in [-0.25, -0.2) is 13.8 Å². The van der Waals surface area contributed by atoms with E-state index in [1.54, 1.807) is 6.92 Å². The van der Waals surface area contributed by atoms with Crippen molar-refractivity contribution in [2.24, 2.45) is 0 Å². The lowest BCUT2D eigenvalue weighted by molar-refractivity contribution is 0.0500. The number of aromatic nitrogens is 6. The zero-order valence-corrected chi connectivity index (χ0v) is 19.3. The average Bonchev–Trinajstić information content (AvgIpc) is 3.41. The van der Waals surface area contributed by atoms with Gasteiger partial charge in [-0.1, -0.05) is 0 Å². The predicted molar refractivity (Wildman–Crippen MR) is 121 cm³/mol. The molecule has 3 aromatic rings. The van der Waals surface area contributed by atoms with Crippen LogP contribution in [0.1, 0.15) is 45.4 Å². The lowest BCUT2D eigenvalue weighted by Crippen LogP contribution is -2.55. The molecule has 2 unspecified atom stereocenters. The van der Waals surface area contributed by atoms with E-state index < -0.39 is 11.6 Å². The highest BCUT2D eigenvalue weighted by Crippen LogP contribution is 2.38. The predicted octanol–water partition coefficient (Wildman–Crippen LogP) is 3.31. The van der Waals surface area contributed by atoms with E-state index in [1.165, 1.54) is 17.2 Å². The molecule has 4 heterocycles. The second-order valence-electron chi connectivity index (χ2n) is 9.56. The Morgan fingerprint density at radius 1 is 1.21 bits per heavy atom. The number of benzene rings is 1. The van der Waals surface area contributed by atoms with Crippen LogP contribution in [0, 0.1) is 18.6 Å². The molecule has 3 N–H and O–H groups in total. The van der Waals surface area contributed by atoms with Gasteiger partial charge in [-0.3, -0.25) is 4.90 Å². The Labute approximate surface area is 195 Å². The molecule has 0 spiro atoms. The molecule has 0 saturated carbocycles. The van der Waals surface area contributed by atoms with Gasteiger partial charge < -0.3 is 15.7 Å². The Hall–Kier alpha value is -3.41. The summed E-state index contributed by atoms with van der Waals surface area (Å²) >= 11 is 0. The van der Waals surface area contributed by atoms with E-state index in [0.29, 0.717) is 11.9 Å². The van der Waals surface area contributed by atoms with Gasteiger partial charge in [0.2, 0.25) is 5.95 Å². The summed E-state index contributed by atoms with van der Waals surface area (Å²) < 4.78 is 30.5. The smallest absolute Gasteiger partial charge is 0.229 e. The van der Waals surface area contributed by atoms with Gasteiger partial charge >= 0.3 is 0 Å². The number of hydrogen-bond acceptors (Lipinski definition) is 9. The summed E-state index contributed by atoms with van der Waals surface area (Å²) in [5.74, 6) is -1.14. The molecule has 180 valence electrons. The van der Waals surface area contributed by atoms with E-state index >= 15 is 0 Å². The zero-order chi connectivity index (χ0) is 24.0. The number of phenolic OH excluding ortho intramolecular Hbond substituents is 1. The van der Waals surface area contributed by atoms with Crippen LogP contribution >= 0.6 is 0 Å². The summed E-state index contributed by atoms with van der Waals surface area (Å²) in [5, 5.41) is 27.3. The standard InChI is InChI=1S/C22H27F2N9O/c1-12-29-30-31-33(12)18-9-17(15(23)8-19(18)34)27-21-25-11-16(24)20(28-21)26-13-7-14-5-4-6-32(14)22(2,3)10-13/h8-9,11,13-14,34H,4-7,10H2,1-3H3,(H2,25,26,27,28). The van der Waals surface area contributed by atoms with Gasteiger partial charge in [0.25, 0.3) is 0 Å². The normalized spacial score (nSPS) is 21.9. The van der Waals surface area contributed by atoms with Crippen LogP contribution in [0.3, 0.4) is 0 Å². The minimum atomic E-state index is -0.732. The number of phenols is 1. The van der Waals surface area contributed by atoms with Gasteiger partial charge in [-0.15, -0.1) is 5.10 Å². The topological polar surface area (TPSA) is 117 Å². The Bertz CT molecular complexity index is 1220. The molecule has 1 aromatic carbocycles. The van der Waals surface area contributed by atoms with Crippen LogP contribution in [0.5, 0.6) is 5.75 Å². The van der Waals surface area contributed by atoms with Crippen LogP contribution in [0.25, 0.3) is 5.69 Å². The first-order valence-corrected chi connectivity index (χ1v) is 11.3. The Morgan fingerprint density at radius 2 is 2.03 bits per heavy atom. The number of hydrogen-bond donors (Lipinski definition) is 3. The summed E-state index contributed by atoms with van der Waals surface area (Å²) in [6, 6.07) is 2.82. The van der Waals surface area contributed by atoms with Crippen molar-refractivity contribution < 1.29 is 13.9 Å². The molecule has 2 fully saturated rings. The van der Waals surface area contributed by atoms with Crippen molar-refractivity contribution in [3.05, 3.63) is 35.8 Å². The van der Waals surface area contributed by atoms with Crippen LogP contribution < -0.4 is 10.6 Å². The number of anilines is 3. The van der Waals surface area contributed by atoms with Gasteiger partial charge in [0.05, 0.1) is 11.9 Å². The van der Waals surface area contributed by atoms with Crippen molar-refractivity contribution in [2.45, 2.75) is 64.1 Å². The number of fused-ring (bicyclic) bond motifs is 1. The van der Waals surface area contributed by atoms with Crippen molar-refractivity contribution in [3.8, 4) is 11.4 Å². The number of piperidine rings is 1. The van der Waals surface area contributed by atoms with Crippen LogP contribution in [-0.2, 0) is 0 Å². The fraction of sp³-hybridized carbons (Fsp3) is 0.500. The highest BCUT2D eigenvalue weighted by molar-refractivity contribution is 5.63. The number of aromatic hydroxyl groups is 1. The van der Waals surface area contributed by atoms with E-state index in [2.05, 4.69) is 54.9 Å². The molecule has 2 aliphatic heterocycles. The van der Waals surface area contributed by atoms with Crippen LogP contribution in [-0.4, -0.2) is 64.3 Å². The number of rotatable bonds is 5. The first-order valence-electron chi connectivity index (χ1n) is 11.3. The second kappa shape index (κ2) is 8.42. The number of aryl methyl sites for hydroxylation is 1. The molecule has 0 bridgehead atoms. The van der Waals surface area contributed by atoms with Crippen molar-refractivity contribution in [2.75, 3.05) is 17.2 Å². The van der Waals surface area contributed by atoms with Crippen molar-refractivity contribution in [1.82, 2.24) is 35.1 Å². The molecule has 12 heteroatoms. The number of tetrazole rings is 1. The summed E-state index contributed by atoms with van der Waals surface area (Å²) in [6.07, 6.45) is 5.15. The molecule has 2 aliphatic rings. The van der Waals surface area contributed by atoms with Gasteiger partial charge in [0.15, 0.2) is 23.3 Å². The SMILES string of the molecule is Cc1nnnn1-c1cc(Nc2ncc(F)c(NC3CC4CCCN4C(C)(C)C3)n2)c(F)cc1O. The number of nitrogens with zero attached hydrogens (tertiary/aromatic N) is 7. The molecular formula is C22H27F2N9O. The fourth-order valence-corrected chi connectivity index (χ4v) is 5.23. The van der Waals surface area contributed by atoms with Crippen LogP contribution in [0.4, 0.5) is 26.2 Å². The molecule has 5 rings (SSSR count). The van der Waals surface area contributed by atoms with Crippen LogP contribution in [0.15, 0.2) is 18.3 Å². The summed E-state index contributed by atoms with van der Waals surface area (Å²) in [6.45, 7) is 7.19. The number of nitrogens with one attached hydrogen (secondary N) is 2. The van der Waals surface area contributed by atoms with Gasteiger partial charge in [-0.2, -0.15) is 9.67 Å². The first kappa shape index (κ1) is 22.4. The lowest BCUT2D eigenvalue weighted by atomic mass is 9.84. The molecule has 0 aliphatic carbocycles. The van der Waals surface area contributed by atoms with Crippen molar-refractivity contribution in [1.29, 1.82) is 0 Å². The third kappa shape index (κ3) is 4.13. The molecule has 2 aromatic heterocycles. The maximum atomic E-state index is 14.6. The minimum Gasteiger partial charge on any atom is -0.506 e. The highest BCUT2D eigenvalue weighted by atomic mass is 19.1. The van der Waals surface area contributed by atoms with Gasteiger partial charge in [0, 0.05) is 23.7 Å². The largest absolute Gasteiger partial charge is 0.506 e. The maximum Gasteiger partial charge on any atom is 0.229 e. The highest BCUT2D eigenvalue weighted by Gasteiger charge is 2.43. The number of halogens is 2. The fourth-order valence-electron chi connectivity index (χ4n) is 5.23. The van der Waals surface area contributed by atoms with Gasteiger partial charge in [-0.05, 0) is 69.5 Å². The second-order valence-corrected chi connectivity index (χ2v) is 9.56. The minimum absolute atomic E-state index is 0.0133. The summed E-state index contributed by atoms with van der Waals surface area (Å²) in [4.78, 5) is 10.8. The average molecular weight is 472 g/mol. The molecule has 0 amide bonds. The van der Waals surface area contributed by atoms with E-state index in [0.717, 1.165) is 38.1 Å². The molecule has 2 atom stereocenters. The van der Waals surface area contributed by atoms with E-state index in [4.69, 9.17) is 0 Å². The van der Waals surface area contributed by atoms with E-state index in [-0.39, 0.29) is 40.5 Å². The zero-order valence-electron chi connectivity index (χ0n) is 19.3. The molecule has 10 nitrogen and oxygen atoms in total. The molecular weight excluding hydrogens is 444 g/mol. The monoisotopic (exact) mass is 471 g/mol. The van der Waals surface area contributed by atoms with Gasteiger partial charge in [0.1, 0.15) is 11.4 Å². The molecule has 34 heavy (non-hydrogen) atoms. The molecule has 2 saturated heterocycles. The Balaban J connectivity index is 1.38. The van der Waals surface area contributed by atoms with E-state index in [9.17, 15) is 13.9 Å². The third-order valence-corrected chi connectivity index (χ3v) is 6.71. The first-order chi connectivity index (χ1) is 16.2. The van der Waals surface area contributed by atoms with Crippen molar-refractivity contribution in [3.63, 3.8) is 0 Å². The Kier molecular flexibility index (Phi) is 5.54. The Morgan fingerprint density at radius 3 is 2.79 bits per heavy atom. The third-order valence-electron chi connectivity index (χ3n) is 6.71. The molecule has 0 radical (unpaired) electrons. The maximum absolute atomic E-state index is 14.6.